The molecule has 6 heteroatoms. The molecule has 0 spiro atoms. The van der Waals surface area contributed by atoms with Crippen LogP contribution in [-0.2, 0) is 4.79 Å². The van der Waals surface area contributed by atoms with Gasteiger partial charge in [0, 0.05) is 19.0 Å². The molecule has 1 atom stereocenters. The van der Waals surface area contributed by atoms with E-state index >= 15 is 0 Å². The van der Waals surface area contributed by atoms with Crippen molar-refractivity contribution in [2.45, 2.75) is 38.6 Å². The van der Waals surface area contributed by atoms with Crippen molar-refractivity contribution >= 4 is 23.2 Å². The van der Waals surface area contributed by atoms with E-state index in [1.165, 1.54) is 11.3 Å². The van der Waals surface area contributed by atoms with Crippen molar-refractivity contribution in [2.75, 3.05) is 6.54 Å². The first-order chi connectivity index (χ1) is 11.0. The second-order valence-electron chi connectivity index (χ2n) is 5.89. The van der Waals surface area contributed by atoms with Crippen molar-refractivity contribution in [1.82, 2.24) is 4.90 Å². The van der Waals surface area contributed by atoms with Gasteiger partial charge in [-0.2, -0.15) is 0 Å². The molecule has 3 heterocycles. The first-order valence-electron chi connectivity index (χ1n) is 7.80. The minimum absolute atomic E-state index is 0.0181. The van der Waals surface area contributed by atoms with Crippen LogP contribution in [0, 0.1) is 6.92 Å². The van der Waals surface area contributed by atoms with Crippen LogP contribution in [0.3, 0.4) is 0 Å². The lowest BCUT2D eigenvalue weighted by molar-refractivity contribution is -0.119. The minimum atomic E-state index is -0.354. The number of likely N-dealkylation sites (tertiary alicyclic amines) is 1. The fourth-order valence-electron chi connectivity index (χ4n) is 3.01. The molecule has 122 valence electrons. The highest BCUT2D eigenvalue weighted by Gasteiger charge is 2.29. The normalized spacial score (nSPS) is 18.1. The molecule has 0 unspecified atom stereocenters. The van der Waals surface area contributed by atoms with Crippen LogP contribution in [-0.4, -0.2) is 29.3 Å². The summed E-state index contributed by atoms with van der Waals surface area (Å²) >= 11 is 1.42. The van der Waals surface area contributed by atoms with Crippen LogP contribution >= 0.6 is 11.3 Å². The lowest BCUT2D eigenvalue weighted by Crippen LogP contribution is -2.45. The van der Waals surface area contributed by atoms with Gasteiger partial charge in [0.25, 0.3) is 5.91 Å². The van der Waals surface area contributed by atoms with E-state index < -0.39 is 0 Å². The van der Waals surface area contributed by atoms with Crippen molar-refractivity contribution in [3.63, 3.8) is 0 Å². The third-order valence-corrected chi connectivity index (χ3v) is 5.21. The lowest BCUT2D eigenvalue weighted by Gasteiger charge is -2.34. The van der Waals surface area contributed by atoms with Gasteiger partial charge in [0.15, 0.2) is 0 Å². The average Bonchev–Trinajstić information content (AvgIpc) is 3.15. The summed E-state index contributed by atoms with van der Waals surface area (Å²) < 4.78 is 5.61. The highest BCUT2D eigenvalue weighted by molar-refractivity contribution is 7.17. The number of aryl methyl sites for hydroxylation is 1. The number of piperidine rings is 1. The maximum atomic E-state index is 12.8. The molecule has 2 N–H and O–H groups in total. The molecule has 1 fully saturated rings. The Morgan fingerprint density at radius 3 is 2.83 bits per heavy atom. The quantitative estimate of drug-likeness (QED) is 0.934. The van der Waals surface area contributed by atoms with E-state index in [9.17, 15) is 9.59 Å². The third kappa shape index (κ3) is 3.47. The molecular formula is C17H20N2O3S. The van der Waals surface area contributed by atoms with Crippen LogP contribution in [0.5, 0.6) is 0 Å². The van der Waals surface area contributed by atoms with E-state index in [1.807, 2.05) is 31.2 Å². The first-order valence-corrected chi connectivity index (χ1v) is 8.62. The van der Waals surface area contributed by atoms with Crippen LogP contribution in [0.15, 0.2) is 28.7 Å². The van der Waals surface area contributed by atoms with E-state index in [0.717, 1.165) is 35.7 Å². The van der Waals surface area contributed by atoms with Crippen molar-refractivity contribution < 1.29 is 14.0 Å². The van der Waals surface area contributed by atoms with Gasteiger partial charge in [-0.3, -0.25) is 9.59 Å². The van der Waals surface area contributed by atoms with Gasteiger partial charge in [-0.05, 0) is 50.5 Å². The molecule has 1 aliphatic heterocycles. The van der Waals surface area contributed by atoms with Crippen molar-refractivity contribution in [3.05, 3.63) is 34.9 Å². The van der Waals surface area contributed by atoms with Crippen molar-refractivity contribution in [2.24, 2.45) is 5.73 Å². The highest BCUT2D eigenvalue weighted by atomic mass is 32.1. The van der Waals surface area contributed by atoms with Gasteiger partial charge in [0.1, 0.15) is 11.5 Å². The highest BCUT2D eigenvalue weighted by Crippen LogP contribution is 2.31. The van der Waals surface area contributed by atoms with E-state index in [4.69, 9.17) is 10.2 Å². The molecule has 2 aromatic heterocycles. The lowest BCUT2D eigenvalue weighted by atomic mass is 9.99. The first kappa shape index (κ1) is 15.8. The number of amides is 2. The Hall–Kier alpha value is -2.08. The number of carbonyl (C=O) groups excluding carboxylic acids is 2. The molecular weight excluding hydrogens is 312 g/mol. The molecule has 0 aromatic carbocycles. The van der Waals surface area contributed by atoms with Crippen molar-refractivity contribution in [3.8, 4) is 10.6 Å². The van der Waals surface area contributed by atoms with E-state index in [0.29, 0.717) is 11.4 Å². The molecule has 0 saturated carbocycles. The molecule has 0 aliphatic carbocycles. The number of rotatable bonds is 4. The van der Waals surface area contributed by atoms with Gasteiger partial charge in [-0.1, -0.05) is 0 Å². The number of nitrogens with two attached hydrogens (primary N) is 1. The Bertz CT molecular complexity index is 719. The molecule has 1 aliphatic rings. The Labute approximate surface area is 139 Å². The fraction of sp³-hybridized carbons (Fsp3) is 0.412. The topological polar surface area (TPSA) is 76.5 Å². The molecule has 0 radical (unpaired) electrons. The van der Waals surface area contributed by atoms with Gasteiger partial charge in [-0.25, -0.2) is 0 Å². The number of thiophene rings is 1. The van der Waals surface area contributed by atoms with Crippen LogP contribution < -0.4 is 5.73 Å². The van der Waals surface area contributed by atoms with E-state index in [2.05, 4.69) is 0 Å². The van der Waals surface area contributed by atoms with Crippen LogP contribution in [0.1, 0.15) is 41.1 Å². The maximum absolute atomic E-state index is 12.8. The summed E-state index contributed by atoms with van der Waals surface area (Å²) in [5.41, 5.74) is 5.32. The van der Waals surface area contributed by atoms with Crippen LogP contribution in [0.4, 0.5) is 0 Å². The number of nitrogens with zero attached hydrogens (tertiary/aromatic N) is 1. The number of hydrogen-bond donors (Lipinski definition) is 1. The number of furan rings is 1. The Morgan fingerprint density at radius 2 is 2.13 bits per heavy atom. The summed E-state index contributed by atoms with van der Waals surface area (Å²) in [5, 5.41) is 0. The van der Waals surface area contributed by atoms with Gasteiger partial charge in [0.05, 0.1) is 9.75 Å². The van der Waals surface area contributed by atoms with Gasteiger partial charge in [-0.15, -0.1) is 11.3 Å². The number of carbonyl (C=O) groups is 2. The second kappa shape index (κ2) is 6.58. The van der Waals surface area contributed by atoms with Gasteiger partial charge >= 0.3 is 0 Å². The summed E-state index contributed by atoms with van der Waals surface area (Å²) in [6.07, 6.45) is 3.07. The molecule has 5 nitrogen and oxygen atoms in total. The zero-order chi connectivity index (χ0) is 16.4. The van der Waals surface area contributed by atoms with Crippen molar-refractivity contribution in [1.29, 1.82) is 0 Å². The van der Waals surface area contributed by atoms with Gasteiger partial charge in [0.2, 0.25) is 5.91 Å². The second-order valence-corrected chi connectivity index (χ2v) is 6.98. The minimum Gasteiger partial charge on any atom is -0.461 e. The van der Waals surface area contributed by atoms with Gasteiger partial charge < -0.3 is 15.1 Å². The summed E-state index contributed by atoms with van der Waals surface area (Å²) in [6.45, 7) is 2.58. The molecule has 2 aromatic rings. The average molecular weight is 332 g/mol. The fourth-order valence-corrected chi connectivity index (χ4v) is 3.93. The van der Waals surface area contributed by atoms with Crippen LogP contribution in [0.2, 0.25) is 0 Å². The summed E-state index contributed by atoms with van der Waals surface area (Å²) in [7, 11) is 0. The number of primary amides is 1. The SMILES string of the molecule is Cc1ccc(-c2ccc(C(=O)N3CCCC[C@@H]3CC(N)=O)s2)o1. The summed E-state index contributed by atoms with van der Waals surface area (Å²) in [5.74, 6) is 1.25. The largest absolute Gasteiger partial charge is 0.461 e. The summed E-state index contributed by atoms with van der Waals surface area (Å²) in [6, 6.07) is 7.47. The molecule has 2 amide bonds. The Kier molecular flexibility index (Phi) is 4.52. The standard InChI is InChI=1S/C17H20N2O3S/c1-11-5-6-13(22-11)14-7-8-15(23-14)17(21)19-9-3-2-4-12(19)10-16(18)20/h5-8,12H,2-4,9-10H2,1H3,(H2,18,20)/t12-/m1/s1. The predicted molar refractivity (Wildman–Crippen MR) is 89.2 cm³/mol. The van der Waals surface area contributed by atoms with E-state index in [1.54, 1.807) is 4.90 Å². The molecule has 1 saturated heterocycles. The molecule has 0 bridgehead atoms. The third-order valence-electron chi connectivity index (χ3n) is 4.12. The van der Waals surface area contributed by atoms with E-state index in [-0.39, 0.29) is 24.3 Å². The smallest absolute Gasteiger partial charge is 0.264 e. The zero-order valence-electron chi connectivity index (χ0n) is 13.1. The predicted octanol–water partition coefficient (Wildman–Crippen LogP) is 3.19. The monoisotopic (exact) mass is 332 g/mol. The van der Waals surface area contributed by atoms with Crippen LogP contribution in [0.25, 0.3) is 10.6 Å². The molecule has 23 heavy (non-hydrogen) atoms. The Balaban J connectivity index is 1.79. The molecule has 3 rings (SSSR count). The Morgan fingerprint density at radius 1 is 1.30 bits per heavy atom. The number of hydrogen-bond acceptors (Lipinski definition) is 4. The maximum Gasteiger partial charge on any atom is 0.264 e. The summed E-state index contributed by atoms with van der Waals surface area (Å²) in [4.78, 5) is 27.4. The zero-order valence-corrected chi connectivity index (χ0v) is 13.9.